The van der Waals surface area contributed by atoms with Crippen LogP contribution in [0.3, 0.4) is 0 Å². The third kappa shape index (κ3) is 18.3. The number of halogens is 1. The Morgan fingerprint density at radius 3 is 0.780 bits per heavy atom. The van der Waals surface area contributed by atoms with Gasteiger partial charge in [0.2, 0.25) is 0 Å². The van der Waals surface area contributed by atoms with Crippen LogP contribution < -0.4 is 31.8 Å². The first-order valence-electron chi connectivity index (χ1n) is 18.6. The second-order valence-corrected chi connectivity index (χ2v) is 17.0. The van der Waals surface area contributed by atoms with E-state index in [1.165, 1.54) is 31.8 Å². The van der Waals surface area contributed by atoms with Crippen molar-refractivity contribution in [3.05, 3.63) is 287 Å². The van der Waals surface area contributed by atoms with Crippen molar-refractivity contribution in [2.24, 2.45) is 0 Å². The number of benzene rings is 7. The molecule has 0 heterocycles. The van der Waals surface area contributed by atoms with E-state index in [4.69, 9.17) is 18.0 Å². The monoisotopic (exact) mass is 1040 g/mol. The summed E-state index contributed by atoms with van der Waals surface area (Å²) in [5, 5.41) is 9.15. The van der Waals surface area contributed by atoms with Gasteiger partial charge < -0.3 is 12.3 Å². The van der Waals surface area contributed by atoms with Crippen LogP contribution in [0.1, 0.15) is 0 Å². The SMILES string of the molecule is Clc1cc[c-]cc1.[C-]#C[C]1[CH][CH][CH][CH]1.[CH]1[CH][CH][CH][CH]1.[Fe+2].[Pt+2].c1ccc(P(c2ccccc2)c2ccccc2)cc1.c1ccc(P(c2ccccc2)c2ccccc2)cc1. The summed E-state index contributed by atoms with van der Waals surface area (Å²) in [6.45, 7) is 0. The zero-order valence-electron chi connectivity index (χ0n) is 32.3. The van der Waals surface area contributed by atoms with Crippen LogP contribution >= 0.6 is 27.4 Å². The Labute approximate surface area is 387 Å². The maximum atomic E-state index is 6.61. The summed E-state index contributed by atoms with van der Waals surface area (Å²) in [5.74, 6) is 3.10. The van der Waals surface area contributed by atoms with Crippen LogP contribution in [0.2, 0.25) is 5.02 Å². The molecule has 2 aliphatic rings. The van der Waals surface area contributed by atoms with Crippen LogP contribution in [-0.2, 0) is 38.1 Å². The zero-order chi connectivity index (χ0) is 39.6. The summed E-state index contributed by atoms with van der Waals surface area (Å²) >= 11 is 5.52. The summed E-state index contributed by atoms with van der Waals surface area (Å²) < 4.78 is 0. The van der Waals surface area contributed by atoms with Crippen LogP contribution in [0.25, 0.3) is 0 Å². The number of hydrogen-bond acceptors (Lipinski definition) is 0. The molecule has 292 valence electrons. The smallest absolute Gasteiger partial charge is 0.693 e. The first-order chi connectivity index (χ1) is 28.2. The first-order valence-corrected chi connectivity index (χ1v) is 21.6. The molecule has 5 heteroatoms. The number of hydrogen-bond donors (Lipinski definition) is 0. The Hall–Kier alpha value is -3.54. The molecule has 0 bridgehead atoms. The molecular formula is C54H43ClFeP2Pt+2. The van der Waals surface area contributed by atoms with Crippen molar-refractivity contribution in [1.29, 1.82) is 0 Å². The number of rotatable bonds is 6. The van der Waals surface area contributed by atoms with E-state index >= 15 is 0 Å². The third-order valence-corrected chi connectivity index (χ3v) is 13.3. The Bertz CT molecular complexity index is 1760. The molecule has 7 aromatic rings. The van der Waals surface area contributed by atoms with Crippen molar-refractivity contribution in [3.63, 3.8) is 0 Å². The largest absolute Gasteiger partial charge is 2.00 e. The third-order valence-electron chi connectivity index (χ3n) is 8.13. The van der Waals surface area contributed by atoms with Crippen molar-refractivity contribution in [1.82, 2.24) is 0 Å². The molecule has 2 fully saturated rings. The molecule has 0 aliphatic heterocycles. The molecule has 2 aliphatic carbocycles. The van der Waals surface area contributed by atoms with E-state index in [2.05, 4.69) is 194 Å². The van der Waals surface area contributed by atoms with E-state index in [0.29, 0.717) is 0 Å². The summed E-state index contributed by atoms with van der Waals surface area (Å²) in [6, 6.07) is 74.6. The fourth-order valence-electron chi connectivity index (χ4n) is 5.50. The summed E-state index contributed by atoms with van der Waals surface area (Å²) in [7, 11) is -0.892. The van der Waals surface area contributed by atoms with E-state index in [9.17, 15) is 0 Å². The van der Waals surface area contributed by atoms with Gasteiger partial charge in [0.15, 0.2) is 0 Å². The first kappa shape index (κ1) is 49.8. The summed E-state index contributed by atoms with van der Waals surface area (Å²) in [4.78, 5) is 0. The van der Waals surface area contributed by atoms with Gasteiger partial charge in [0, 0.05) is 5.92 Å². The van der Waals surface area contributed by atoms with Gasteiger partial charge in [-0.15, -0.1) is 11.6 Å². The molecule has 0 saturated heterocycles. The quantitative estimate of drug-likeness (QED) is 0.0674. The summed E-state index contributed by atoms with van der Waals surface area (Å²) in [6.07, 6.45) is 24.1. The topological polar surface area (TPSA) is 0 Å². The van der Waals surface area contributed by atoms with Crippen molar-refractivity contribution in [2.45, 2.75) is 0 Å². The molecule has 0 aromatic heterocycles. The minimum atomic E-state index is -0.446. The van der Waals surface area contributed by atoms with Gasteiger partial charge in [0.05, 0.1) is 0 Å². The summed E-state index contributed by atoms with van der Waals surface area (Å²) in [5.41, 5.74) is 0. The predicted octanol–water partition coefficient (Wildman–Crippen LogP) is 11.0. The van der Waals surface area contributed by atoms with Gasteiger partial charge in [-0.05, 0) is 105 Å². The molecule has 7 aromatic carbocycles. The van der Waals surface area contributed by atoms with Gasteiger partial charge >= 0.3 is 38.1 Å². The molecule has 10 radical (unpaired) electrons. The van der Waals surface area contributed by atoms with E-state index in [0.717, 1.165) is 10.9 Å². The Morgan fingerprint density at radius 2 is 0.610 bits per heavy atom. The van der Waals surface area contributed by atoms with Crippen molar-refractivity contribution in [3.8, 4) is 5.92 Å². The Kier molecular flexibility index (Phi) is 25.7. The average Bonchev–Trinajstić information content (AvgIpc) is 4.06. The van der Waals surface area contributed by atoms with Crippen molar-refractivity contribution >= 4 is 59.3 Å². The van der Waals surface area contributed by atoms with Gasteiger partial charge in [0.1, 0.15) is 0 Å². The fourth-order valence-corrected chi connectivity index (χ4v) is 10.2. The van der Waals surface area contributed by atoms with Gasteiger partial charge in [0.25, 0.3) is 0 Å². The second kappa shape index (κ2) is 30.5. The van der Waals surface area contributed by atoms with E-state index in [1.807, 2.05) is 57.8 Å². The van der Waals surface area contributed by atoms with E-state index in [1.54, 1.807) is 24.3 Å². The minimum Gasteiger partial charge on any atom is -0.693 e. The molecule has 0 unspecified atom stereocenters. The molecule has 2 saturated carbocycles. The maximum Gasteiger partial charge on any atom is 2.00 e. The normalized spacial score (nSPS) is 12.5. The van der Waals surface area contributed by atoms with Gasteiger partial charge in [-0.2, -0.15) is 30.3 Å². The van der Waals surface area contributed by atoms with Crippen molar-refractivity contribution in [2.75, 3.05) is 0 Å². The minimum absolute atomic E-state index is 0. The second-order valence-electron chi connectivity index (χ2n) is 12.2. The predicted molar refractivity (Wildman–Crippen MR) is 250 cm³/mol. The molecule has 59 heavy (non-hydrogen) atoms. The van der Waals surface area contributed by atoms with E-state index in [-0.39, 0.29) is 38.1 Å². The van der Waals surface area contributed by atoms with Gasteiger partial charge in [-0.1, -0.05) is 187 Å². The molecule has 9 rings (SSSR count). The molecule has 0 nitrogen and oxygen atoms in total. The van der Waals surface area contributed by atoms with Gasteiger partial charge in [-0.25, -0.2) is 0 Å². The van der Waals surface area contributed by atoms with Crippen molar-refractivity contribution < 1.29 is 38.1 Å². The standard InChI is InChI=1S/2C18H15P.C7H4.C6H4Cl.C5H5.Fe.Pt/c2*1-4-10-16(11-5-1)19(17-12-6-2-7-13-17)18-14-8-3-9-15-18;1-2-7-5-3-4-6-7;7-6-4-2-1-3-5-6;1-2-4-5-3-1;;/h2*1-15H;3-6H;2-5H;1-5H;;/q;;2*-1;;2*+2. The van der Waals surface area contributed by atoms with Crippen LogP contribution in [0.5, 0.6) is 0 Å². The maximum absolute atomic E-state index is 6.61. The molecule has 0 atom stereocenters. The average molecular weight is 1040 g/mol. The van der Waals surface area contributed by atoms with Crippen LogP contribution in [-0.4, -0.2) is 0 Å². The van der Waals surface area contributed by atoms with Crippen LogP contribution in [0.4, 0.5) is 0 Å². The molecule has 0 amide bonds. The van der Waals surface area contributed by atoms with Gasteiger partial charge in [-0.3, -0.25) is 0 Å². The Morgan fingerprint density at radius 1 is 0.373 bits per heavy atom. The fraction of sp³-hybridized carbons (Fsp3) is 0. The van der Waals surface area contributed by atoms with Crippen LogP contribution in [0.15, 0.2) is 206 Å². The Balaban J connectivity index is 0.000000215. The molecule has 0 N–H and O–H groups in total. The van der Waals surface area contributed by atoms with E-state index < -0.39 is 15.8 Å². The van der Waals surface area contributed by atoms with Crippen LogP contribution in [0, 0.1) is 82.1 Å². The molecule has 0 spiro atoms. The zero-order valence-corrected chi connectivity index (χ0v) is 38.2. The molecular weight excluding hydrogens is 997 g/mol.